The van der Waals surface area contributed by atoms with Crippen LogP contribution < -0.4 is 0 Å². The summed E-state index contributed by atoms with van der Waals surface area (Å²) >= 11 is 0. The molecule has 21 heavy (non-hydrogen) atoms. The van der Waals surface area contributed by atoms with Gasteiger partial charge < -0.3 is 8.69 Å². The summed E-state index contributed by atoms with van der Waals surface area (Å²) in [6.45, 7) is 21.2. The molecule has 0 aliphatic heterocycles. The maximum Gasteiger partial charge on any atom is 0.410 e. The van der Waals surface area contributed by atoms with E-state index in [0.29, 0.717) is 0 Å². The minimum absolute atomic E-state index is 0.107. The Balaban J connectivity index is 5.32. The Kier molecular flexibility index (Phi) is 9.33. The fraction of sp³-hybridized carbons (Fsp3) is 1.00. The summed E-state index contributed by atoms with van der Waals surface area (Å²) in [7, 11) is -4.67. The fourth-order valence-corrected chi connectivity index (χ4v) is 12.3. The van der Waals surface area contributed by atoms with E-state index in [0.717, 1.165) is 0 Å². The third-order valence-corrected chi connectivity index (χ3v) is 16.6. The van der Waals surface area contributed by atoms with Crippen LogP contribution in [0.1, 0.15) is 41.5 Å². The Hall–Kier alpha value is 0.636. The molecule has 0 radical (unpaired) electrons. The second-order valence-electron chi connectivity index (χ2n) is 7.42. The minimum Gasteiger partial charge on any atom is -0.456 e. The van der Waals surface area contributed by atoms with Gasteiger partial charge in [-0.1, -0.05) is 61.2 Å². The molecule has 0 bridgehead atoms. The van der Waals surface area contributed by atoms with Gasteiger partial charge in [0.25, 0.3) is 0 Å². The van der Waals surface area contributed by atoms with Crippen LogP contribution in [0.5, 0.6) is 0 Å². The molecule has 0 spiro atoms. The molecule has 0 rings (SSSR count). The first-order chi connectivity index (χ1) is 9.68. The zero-order valence-electron chi connectivity index (χ0n) is 16.1. The third kappa shape index (κ3) is 5.97. The average molecular weight is 347 g/mol. The normalized spacial score (nSPS) is 13.6. The van der Waals surface area contributed by atoms with Gasteiger partial charge in [0.15, 0.2) is 16.6 Å². The van der Waals surface area contributed by atoms with E-state index in [1.165, 1.54) is 36.3 Å². The Morgan fingerprint density at radius 1 is 0.571 bits per heavy atom. The van der Waals surface area contributed by atoms with Crippen LogP contribution in [0.15, 0.2) is 0 Å². The molecule has 0 saturated heterocycles. The standard InChI is InChI=1S/C15H39BO2Si3/c1-10-20(11-2,12-3)17-16(19(7,8)9)18-21(13-4,14-5)15-6/h10-15H2,1-9H3. The van der Waals surface area contributed by atoms with E-state index >= 15 is 0 Å². The lowest BCUT2D eigenvalue weighted by molar-refractivity contribution is 0.420. The summed E-state index contributed by atoms with van der Waals surface area (Å²) < 4.78 is 13.6. The van der Waals surface area contributed by atoms with Crippen molar-refractivity contribution in [1.82, 2.24) is 0 Å². The highest BCUT2D eigenvalue weighted by atomic mass is 28.4. The highest BCUT2D eigenvalue weighted by Gasteiger charge is 2.46. The summed E-state index contributed by atoms with van der Waals surface area (Å²) in [5, 5.41) is 0. The maximum absolute atomic E-state index is 6.82. The van der Waals surface area contributed by atoms with Crippen molar-refractivity contribution >= 4 is 31.3 Å². The van der Waals surface area contributed by atoms with Crippen LogP contribution in [0.2, 0.25) is 55.9 Å². The van der Waals surface area contributed by atoms with E-state index in [1.54, 1.807) is 0 Å². The molecular formula is C15H39BO2Si3. The number of hydrogen-bond acceptors (Lipinski definition) is 2. The van der Waals surface area contributed by atoms with Crippen LogP contribution in [0.25, 0.3) is 0 Å². The molecule has 6 heteroatoms. The summed E-state index contributed by atoms with van der Waals surface area (Å²) in [4.78, 5) is 0. The minimum atomic E-state index is -1.60. The summed E-state index contributed by atoms with van der Waals surface area (Å²) in [5.74, 6) is 0. The molecule has 0 aliphatic rings. The van der Waals surface area contributed by atoms with Crippen molar-refractivity contribution in [3.05, 3.63) is 0 Å². The van der Waals surface area contributed by atoms with Gasteiger partial charge in [-0.15, -0.1) is 0 Å². The van der Waals surface area contributed by atoms with E-state index in [4.69, 9.17) is 8.69 Å². The molecule has 0 aromatic rings. The molecule has 0 N–H and O–H groups in total. The molecule has 126 valence electrons. The quantitative estimate of drug-likeness (QED) is 0.431. The fourth-order valence-electron chi connectivity index (χ4n) is 2.83. The van der Waals surface area contributed by atoms with Crippen molar-refractivity contribution in [2.24, 2.45) is 0 Å². The Morgan fingerprint density at radius 2 is 0.810 bits per heavy atom. The summed E-state index contributed by atoms with van der Waals surface area (Å²) in [6, 6.07) is 7.27. The second-order valence-corrected chi connectivity index (χ2v) is 22.1. The van der Waals surface area contributed by atoms with Gasteiger partial charge in [-0.25, -0.2) is 0 Å². The average Bonchev–Trinajstić information content (AvgIpc) is 2.48. The monoisotopic (exact) mass is 346 g/mol. The molecule has 2 nitrogen and oxygen atoms in total. The first-order valence-electron chi connectivity index (χ1n) is 9.03. The predicted octanol–water partition coefficient (Wildman–Crippen LogP) is 5.93. The smallest absolute Gasteiger partial charge is 0.410 e. The van der Waals surface area contributed by atoms with Crippen molar-refractivity contribution in [3.8, 4) is 0 Å². The van der Waals surface area contributed by atoms with E-state index in [9.17, 15) is 0 Å². The Bertz CT molecular complexity index is 249. The van der Waals surface area contributed by atoms with Gasteiger partial charge in [-0.2, -0.15) is 0 Å². The summed E-state index contributed by atoms with van der Waals surface area (Å²) in [5.41, 5.74) is 0. The van der Waals surface area contributed by atoms with Crippen molar-refractivity contribution in [1.29, 1.82) is 0 Å². The SMILES string of the molecule is CC[Si](CC)(CC)OB(O[Si](CC)(CC)CC)[Si](C)(C)C. The molecule has 0 fully saturated rings. The predicted molar refractivity (Wildman–Crippen MR) is 106 cm³/mol. The van der Waals surface area contributed by atoms with Crippen molar-refractivity contribution in [2.45, 2.75) is 97.4 Å². The molecule has 0 aliphatic carbocycles. The zero-order valence-corrected chi connectivity index (χ0v) is 19.1. The lowest BCUT2D eigenvalue weighted by atomic mass is 10.4. The van der Waals surface area contributed by atoms with E-state index in [2.05, 4.69) is 61.2 Å². The van der Waals surface area contributed by atoms with Gasteiger partial charge >= 0.3 is 6.71 Å². The van der Waals surface area contributed by atoms with Crippen LogP contribution in [0, 0.1) is 0 Å². The molecule has 0 saturated carbocycles. The lowest BCUT2D eigenvalue weighted by Gasteiger charge is -2.41. The first-order valence-corrected chi connectivity index (χ1v) is 17.7. The maximum atomic E-state index is 6.82. The Labute approximate surface area is 137 Å². The Morgan fingerprint density at radius 3 is 0.952 bits per heavy atom. The van der Waals surface area contributed by atoms with E-state index < -0.39 is 24.6 Å². The van der Waals surface area contributed by atoms with Gasteiger partial charge in [0.2, 0.25) is 0 Å². The van der Waals surface area contributed by atoms with Gasteiger partial charge in [0.05, 0.1) is 7.94 Å². The molecule has 0 aromatic carbocycles. The van der Waals surface area contributed by atoms with Gasteiger partial charge in [0.1, 0.15) is 0 Å². The van der Waals surface area contributed by atoms with Crippen LogP contribution in [0.3, 0.4) is 0 Å². The van der Waals surface area contributed by atoms with Gasteiger partial charge in [-0.05, 0) is 36.3 Å². The first kappa shape index (κ1) is 21.6. The van der Waals surface area contributed by atoms with E-state index in [-0.39, 0.29) is 6.71 Å². The highest BCUT2D eigenvalue weighted by molar-refractivity contribution is 7.29. The number of hydrogen-bond donors (Lipinski definition) is 0. The second kappa shape index (κ2) is 9.06. The molecule has 0 aromatic heterocycles. The van der Waals surface area contributed by atoms with E-state index in [1.807, 2.05) is 0 Å². The lowest BCUT2D eigenvalue weighted by Crippen LogP contribution is -2.59. The van der Waals surface area contributed by atoms with Crippen molar-refractivity contribution in [2.75, 3.05) is 0 Å². The largest absolute Gasteiger partial charge is 0.456 e. The highest BCUT2D eigenvalue weighted by Crippen LogP contribution is 2.30. The third-order valence-electron chi connectivity index (χ3n) is 5.29. The topological polar surface area (TPSA) is 18.5 Å². The molecule has 0 heterocycles. The van der Waals surface area contributed by atoms with Gasteiger partial charge in [-0.3, -0.25) is 0 Å². The molecular weight excluding hydrogens is 307 g/mol. The summed E-state index contributed by atoms with van der Waals surface area (Å²) in [6.07, 6.45) is 0. The van der Waals surface area contributed by atoms with Crippen LogP contribution in [0.4, 0.5) is 0 Å². The van der Waals surface area contributed by atoms with Gasteiger partial charge in [0, 0.05) is 0 Å². The number of rotatable bonds is 11. The van der Waals surface area contributed by atoms with Crippen LogP contribution >= 0.6 is 0 Å². The molecule has 0 amide bonds. The van der Waals surface area contributed by atoms with Crippen LogP contribution in [-0.4, -0.2) is 31.3 Å². The zero-order chi connectivity index (χ0) is 16.7. The van der Waals surface area contributed by atoms with Crippen LogP contribution in [-0.2, 0) is 8.69 Å². The molecule has 0 atom stereocenters. The molecule has 0 unspecified atom stereocenters. The van der Waals surface area contributed by atoms with Crippen molar-refractivity contribution in [3.63, 3.8) is 0 Å². The van der Waals surface area contributed by atoms with Crippen molar-refractivity contribution < 1.29 is 8.69 Å².